The zero-order valence-electron chi connectivity index (χ0n) is 15.5. The van der Waals surface area contributed by atoms with E-state index in [4.69, 9.17) is 0 Å². The first-order valence-corrected chi connectivity index (χ1v) is 9.55. The zero-order valence-corrected chi connectivity index (χ0v) is 15.5. The van der Waals surface area contributed by atoms with Gasteiger partial charge in [-0.05, 0) is 25.0 Å². The third kappa shape index (κ3) is 3.11. The molecule has 3 aromatic rings. The minimum Gasteiger partial charge on any atom is -0.373 e. The Balaban J connectivity index is 1.48. The second-order valence-electron chi connectivity index (χ2n) is 7.42. The molecule has 0 unspecified atom stereocenters. The Morgan fingerprint density at radius 3 is 2.89 bits per heavy atom. The number of anilines is 3. The largest absolute Gasteiger partial charge is 0.373 e. The minimum atomic E-state index is -0.938. The van der Waals surface area contributed by atoms with Crippen LogP contribution in [0.1, 0.15) is 30.9 Å². The van der Waals surface area contributed by atoms with Crippen LogP contribution >= 0.6 is 0 Å². The lowest BCUT2D eigenvalue weighted by Gasteiger charge is -2.11. The summed E-state index contributed by atoms with van der Waals surface area (Å²) < 4.78 is 16.6. The second kappa shape index (κ2) is 6.59. The molecule has 0 aromatic carbocycles. The van der Waals surface area contributed by atoms with E-state index in [1.807, 2.05) is 13.2 Å². The van der Waals surface area contributed by atoms with E-state index in [0.717, 1.165) is 17.0 Å². The Hall–Kier alpha value is -2.94. The van der Waals surface area contributed by atoms with E-state index in [1.165, 1.54) is 17.4 Å². The molecule has 8 nitrogen and oxygen atoms in total. The first kappa shape index (κ1) is 17.2. The van der Waals surface area contributed by atoms with Crippen LogP contribution in [0.25, 0.3) is 5.65 Å². The quantitative estimate of drug-likeness (QED) is 0.580. The van der Waals surface area contributed by atoms with Crippen molar-refractivity contribution in [3.63, 3.8) is 0 Å². The average Bonchev–Trinajstić information content (AvgIpc) is 3.61. The molecule has 3 aromatic heterocycles. The summed E-state index contributed by atoms with van der Waals surface area (Å²) in [7, 11) is 1.81. The van der Waals surface area contributed by atoms with Crippen molar-refractivity contribution in [2.45, 2.75) is 44.1 Å². The third-order valence-electron chi connectivity index (χ3n) is 5.24. The molecule has 0 amide bonds. The monoisotopic (exact) mass is 383 g/mol. The number of hydrogen-bond acceptors (Lipinski definition) is 6. The van der Waals surface area contributed by atoms with E-state index >= 15 is 0 Å². The highest BCUT2D eigenvalue weighted by Crippen LogP contribution is 2.37. The van der Waals surface area contributed by atoms with Gasteiger partial charge < -0.3 is 20.5 Å². The molecule has 3 heterocycles. The van der Waals surface area contributed by atoms with Crippen LogP contribution in [0.5, 0.6) is 0 Å². The Kier molecular flexibility index (Phi) is 4.04. The fourth-order valence-electron chi connectivity index (χ4n) is 3.36. The van der Waals surface area contributed by atoms with Gasteiger partial charge in [-0.25, -0.2) is 9.37 Å². The predicted molar refractivity (Wildman–Crippen MR) is 105 cm³/mol. The van der Waals surface area contributed by atoms with Gasteiger partial charge in [0.15, 0.2) is 5.65 Å². The number of nitrogens with zero attached hydrogens (tertiary/aromatic N) is 4. The van der Waals surface area contributed by atoms with Gasteiger partial charge in [0, 0.05) is 43.9 Å². The normalized spacial score (nSPS) is 21.1. The van der Waals surface area contributed by atoms with E-state index in [2.05, 4.69) is 26.0 Å². The number of fused-ring (bicyclic) bond motifs is 1. The van der Waals surface area contributed by atoms with Gasteiger partial charge in [-0.3, -0.25) is 4.79 Å². The molecule has 0 saturated heterocycles. The lowest BCUT2D eigenvalue weighted by atomic mass is 10.3. The molecule has 2 aliphatic carbocycles. The first-order chi connectivity index (χ1) is 13.6. The van der Waals surface area contributed by atoms with E-state index < -0.39 is 6.17 Å². The van der Waals surface area contributed by atoms with Gasteiger partial charge in [0.25, 0.3) is 5.56 Å². The number of hydrogen-bond donors (Lipinski definition) is 3. The Bertz CT molecular complexity index is 1090. The van der Waals surface area contributed by atoms with Crippen LogP contribution in [0.2, 0.25) is 0 Å². The highest BCUT2D eigenvalue weighted by atomic mass is 19.1. The SMILES string of the molecule is CNc1cc(Nc2cccn([C@@H]3C[C@H]3F)c2=O)nc2c(CNC3CC3)cnn12. The topological polar surface area (TPSA) is 88.3 Å². The van der Waals surface area contributed by atoms with Gasteiger partial charge in [0.05, 0.1) is 12.2 Å². The van der Waals surface area contributed by atoms with Crippen molar-refractivity contribution in [1.82, 2.24) is 24.5 Å². The third-order valence-corrected chi connectivity index (χ3v) is 5.24. The van der Waals surface area contributed by atoms with Gasteiger partial charge in [-0.1, -0.05) is 0 Å². The van der Waals surface area contributed by atoms with E-state index in [-0.39, 0.29) is 11.6 Å². The zero-order chi connectivity index (χ0) is 19.3. The summed E-state index contributed by atoms with van der Waals surface area (Å²) in [5, 5.41) is 14.1. The van der Waals surface area contributed by atoms with Crippen molar-refractivity contribution in [3.8, 4) is 0 Å². The standard InChI is InChI=1S/C19H22FN7O/c1-21-17-8-16(24-14-3-2-6-26(19(14)28)15-7-13(15)20)25-18-11(10-23-27(17)18)9-22-12-4-5-12/h2-3,6,8,10,12-13,15,21-22H,4-5,7,9H2,1H3,(H,24,25)/t13-,15-/m1/s1. The van der Waals surface area contributed by atoms with Gasteiger partial charge in [-0.2, -0.15) is 9.61 Å². The van der Waals surface area contributed by atoms with E-state index in [0.29, 0.717) is 30.5 Å². The molecule has 0 radical (unpaired) electrons. The number of pyridine rings is 1. The van der Waals surface area contributed by atoms with Crippen molar-refractivity contribution in [1.29, 1.82) is 0 Å². The number of halogens is 1. The van der Waals surface area contributed by atoms with Crippen molar-refractivity contribution < 1.29 is 4.39 Å². The van der Waals surface area contributed by atoms with Gasteiger partial charge in [0.2, 0.25) is 0 Å². The molecule has 2 aliphatic rings. The molecule has 0 bridgehead atoms. The minimum absolute atomic E-state index is 0.246. The van der Waals surface area contributed by atoms with Gasteiger partial charge in [0.1, 0.15) is 23.5 Å². The van der Waals surface area contributed by atoms with E-state index in [1.54, 1.807) is 28.9 Å². The average molecular weight is 383 g/mol. The molecule has 0 spiro atoms. The first-order valence-electron chi connectivity index (χ1n) is 9.55. The number of nitrogens with one attached hydrogen (secondary N) is 3. The lowest BCUT2D eigenvalue weighted by molar-refractivity contribution is 0.438. The summed E-state index contributed by atoms with van der Waals surface area (Å²) in [6.07, 6.45) is 5.32. The number of aromatic nitrogens is 4. The van der Waals surface area contributed by atoms with Crippen LogP contribution < -0.4 is 21.5 Å². The fraction of sp³-hybridized carbons (Fsp3) is 0.421. The van der Waals surface area contributed by atoms with Crippen LogP contribution in [0, 0.1) is 0 Å². The van der Waals surface area contributed by atoms with Crippen LogP contribution in [-0.4, -0.2) is 38.4 Å². The molecule has 2 saturated carbocycles. The summed E-state index contributed by atoms with van der Waals surface area (Å²) in [5.41, 5.74) is 1.85. The van der Waals surface area contributed by atoms with Crippen molar-refractivity contribution in [2.75, 3.05) is 17.7 Å². The molecule has 5 rings (SSSR count). The highest BCUT2D eigenvalue weighted by Gasteiger charge is 2.39. The Morgan fingerprint density at radius 1 is 1.36 bits per heavy atom. The molecular weight excluding hydrogens is 361 g/mol. The fourth-order valence-corrected chi connectivity index (χ4v) is 3.36. The molecule has 0 aliphatic heterocycles. The molecule has 146 valence electrons. The Labute approximate surface area is 160 Å². The van der Waals surface area contributed by atoms with Crippen LogP contribution in [0.4, 0.5) is 21.7 Å². The molecule has 3 N–H and O–H groups in total. The van der Waals surface area contributed by atoms with Crippen molar-refractivity contribution in [3.05, 3.63) is 46.5 Å². The molecule has 2 fully saturated rings. The van der Waals surface area contributed by atoms with Crippen molar-refractivity contribution >= 4 is 23.0 Å². The van der Waals surface area contributed by atoms with Crippen LogP contribution in [-0.2, 0) is 6.54 Å². The number of rotatable bonds is 7. The Morgan fingerprint density at radius 2 is 2.18 bits per heavy atom. The maximum absolute atomic E-state index is 13.4. The summed E-state index contributed by atoms with van der Waals surface area (Å²) in [6, 6.07) is 5.46. The molecular formula is C19H22FN7O. The highest BCUT2D eigenvalue weighted by molar-refractivity contribution is 5.64. The van der Waals surface area contributed by atoms with E-state index in [9.17, 15) is 9.18 Å². The summed E-state index contributed by atoms with van der Waals surface area (Å²) in [5.74, 6) is 1.29. The predicted octanol–water partition coefficient (Wildman–Crippen LogP) is 2.21. The molecule has 9 heteroatoms. The lowest BCUT2D eigenvalue weighted by Crippen LogP contribution is -2.22. The maximum Gasteiger partial charge on any atom is 0.274 e. The molecule has 28 heavy (non-hydrogen) atoms. The van der Waals surface area contributed by atoms with Gasteiger partial charge >= 0.3 is 0 Å². The maximum atomic E-state index is 13.4. The van der Waals surface area contributed by atoms with Crippen molar-refractivity contribution in [2.24, 2.45) is 0 Å². The summed E-state index contributed by atoms with van der Waals surface area (Å²) in [6.45, 7) is 0.700. The van der Waals surface area contributed by atoms with Crippen LogP contribution in [0.3, 0.4) is 0 Å². The smallest absolute Gasteiger partial charge is 0.274 e. The summed E-state index contributed by atoms with van der Waals surface area (Å²) in [4.78, 5) is 17.4. The summed E-state index contributed by atoms with van der Waals surface area (Å²) >= 11 is 0. The number of alkyl halides is 1. The molecule has 2 atom stereocenters. The second-order valence-corrected chi connectivity index (χ2v) is 7.42. The van der Waals surface area contributed by atoms with Gasteiger partial charge in [-0.15, -0.1) is 0 Å². The van der Waals surface area contributed by atoms with Crippen LogP contribution in [0.15, 0.2) is 35.4 Å².